The predicted molar refractivity (Wildman–Crippen MR) is 171 cm³/mol. The molecule has 0 N–H and O–H groups in total. The maximum absolute atomic E-state index is 5.16. The zero-order valence-corrected chi connectivity index (χ0v) is 22.5. The number of aliphatic imine (C=N–C) groups is 1. The van der Waals surface area contributed by atoms with Crippen molar-refractivity contribution in [2.45, 2.75) is 6.54 Å². The van der Waals surface area contributed by atoms with Crippen molar-refractivity contribution in [3.8, 4) is 33.4 Å². The van der Waals surface area contributed by atoms with Crippen LogP contribution in [0.2, 0.25) is 0 Å². The van der Waals surface area contributed by atoms with E-state index in [1.54, 1.807) is 0 Å². The van der Waals surface area contributed by atoms with Crippen LogP contribution in [0.4, 0.5) is 22.7 Å². The number of hydrogen-bond acceptors (Lipinski definition) is 3. The van der Waals surface area contributed by atoms with Crippen LogP contribution in [0.1, 0.15) is 5.56 Å². The summed E-state index contributed by atoms with van der Waals surface area (Å²) in [5, 5.41) is 0. The van der Waals surface area contributed by atoms with Gasteiger partial charge >= 0.3 is 0 Å². The Morgan fingerprint density at radius 1 is 0.439 bits per heavy atom. The second kappa shape index (κ2) is 9.65. The van der Waals surface area contributed by atoms with Gasteiger partial charge in [-0.05, 0) is 87.5 Å². The van der Waals surface area contributed by atoms with Crippen LogP contribution in [-0.4, -0.2) is 5.96 Å². The minimum absolute atomic E-state index is 0.807. The number of anilines is 3. The summed E-state index contributed by atoms with van der Waals surface area (Å²) in [6.45, 7) is 0.807. The molecule has 0 saturated carbocycles. The summed E-state index contributed by atoms with van der Waals surface area (Å²) in [6, 6.07) is 54.0. The summed E-state index contributed by atoms with van der Waals surface area (Å²) in [7, 11) is 0. The molecular formula is C38H27N3. The highest BCUT2D eigenvalue weighted by Gasteiger charge is 2.36. The molecule has 8 rings (SSSR count). The Kier molecular flexibility index (Phi) is 5.53. The van der Waals surface area contributed by atoms with Gasteiger partial charge in [0.1, 0.15) is 0 Å². The highest BCUT2D eigenvalue weighted by molar-refractivity contribution is 6.21. The van der Waals surface area contributed by atoms with Gasteiger partial charge in [-0.2, -0.15) is 0 Å². The number of guanidine groups is 1. The summed E-state index contributed by atoms with van der Waals surface area (Å²) in [5.41, 5.74) is 12.9. The SMILES string of the molecule is c1ccc(-c2cc(-c3ccccc3)cc(-c3cccc(N4C5=Nc6ccccc6CN5c5ccccc54)c3)c2)cc1. The average Bonchev–Trinajstić information content (AvgIpc) is 3.37. The molecule has 0 bridgehead atoms. The van der Waals surface area contributed by atoms with Crippen LogP contribution >= 0.6 is 0 Å². The quantitative estimate of drug-likeness (QED) is 0.228. The van der Waals surface area contributed by atoms with Crippen molar-refractivity contribution in [1.29, 1.82) is 0 Å². The fourth-order valence-corrected chi connectivity index (χ4v) is 5.98. The lowest BCUT2D eigenvalue weighted by Gasteiger charge is -2.28. The van der Waals surface area contributed by atoms with E-state index in [0.29, 0.717) is 0 Å². The molecule has 0 aromatic heterocycles. The minimum atomic E-state index is 0.807. The van der Waals surface area contributed by atoms with Crippen molar-refractivity contribution in [3.63, 3.8) is 0 Å². The molecule has 6 aromatic rings. The van der Waals surface area contributed by atoms with E-state index < -0.39 is 0 Å². The van der Waals surface area contributed by atoms with E-state index in [9.17, 15) is 0 Å². The predicted octanol–water partition coefficient (Wildman–Crippen LogP) is 9.85. The highest BCUT2D eigenvalue weighted by atomic mass is 15.4. The third-order valence-electron chi connectivity index (χ3n) is 7.98. The lowest BCUT2D eigenvalue weighted by molar-refractivity contribution is 0.985. The van der Waals surface area contributed by atoms with E-state index >= 15 is 0 Å². The van der Waals surface area contributed by atoms with Gasteiger partial charge in [0.05, 0.1) is 23.6 Å². The van der Waals surface area contributed by atoms with Gasteiger partial charge in [0.15, 0.2) is 0 Å². The summed E-state index contributed by atoms with van der Waals surface area (Å²) in [6.07, 6.45) is 0. The Labute approximate surface area is 240 Å². The molecule has 0 fully saturated rings. The molecular weight excluding hydrogens is 498 g/mol. The zero-order chi connectivity index (χ0) is 27.2. The molecule has 2 aliphatic rings. The Morgan fingerprint density at radius 2 is 1.00 bits per heavy atom. The van der Waals surface area contributed by atoms with Gasteiger partial charge in [-0.15, -0.1) is 0 Å². The van der Waals surface area contributed by atoms with Crippen molar-refractivity contribution in [1.82, 2.24) is 0 Å². The van der Waals surface area contributed by atoms with Crippen molar-refractivity contribution in [2.75, 3.05) is 9.80 Å². The number of para-hydroxylation sites is 3. The first-order valence-electron chi connectivity index (χ1n) is 14.0. The second-order valence-electron chi connectivity index (χ2n) is 10.5. The molecule has 6 aromatic carbocycles. The third-order valence-corrected chi connectivity index (χ3v) is 7.98. The fraction of sp³-hybridized carbons (Fsp3) is 0.0263. The molecule has 41 heavy (non-hydrogen) atoms. The van der Waals surface area contributed by atoms with Gasteiger partial charge in [0, 0.05) is 5.69 Å². The van der Waals surface area contributed by atoms with Crippen LogP contribution < -0.4 is 9.80 Å². The molecule has 2 aliphatic heterocycles. The Hall–Kier alpha value is -5.41. The van der Waals surface area contributed by atoms with E-state index in [1.807, 2.05) is 0 Å². The molecule has 0 saturated heterocycles. The first kappa shape index (κ1) is 23.5. The smallest absolute Gasteiger partial charge is 0.216 e. The van der Waals surface area contributed by atoms with Gasteiger partial charge in [-0.25, -0.2) is 4.99 Å². The first-order valence-corrected chi connectivity index (χ1v) is 14.0. The number of rotatable bonds is 4. The lowest BCUT2D eigenvalue weighted by Crippen LogP contribution is -2.37. The molecule has 194 valence electrons. The minimum Gasteiger partial charge on any atom is -0.305 e. The molecule has 0 aliphatic carbocycles. The highest BCUT2D eigenvalue weighted by Crippen LogP contribution is 2.46. The van der Waals surface area contributed by atoms with Gasteiger partial charge in [0.25, 0.3) is 0 Å². The summed E-state index contributed by atoms with van der Waals surface area (Å²) in [5.74, 6) is 0.949. The largest absolute Gasteiger partial charge is 0.305 e. The summed E-state index contributed by atoms with van der Waals surface area (Å²) < 4.78 is 0. The van der Waals surface area contributed by atoms with Crippen LogP contribution in [0, 0.1) is 0 Å². The first-order chi connectivity index (χ1) is 20.3. The monoisotopic (exact) mass is 525 g/mol. The topological polar surface area (TPSA) is 18.8 Å². The normalized spacial score (nSPS) is 13.3. The van der Waals surface area contributed by atoms with Crippen LogP contribution in [0.5, 0.6) is 0 Å². The second-order valence-corrected chi connectivity index (χ2v) is 10.5. The molecule has 3 nitrogen and oxygen atoms in total. The number of benzene rings is 6. The molecule has 0 atom stereocenters. The molecule has 0 spiro atoms. The molecule has 0 radical (unpaired) electrons. The van der Waals surface area contributed by atoms with Gasteiger partial charge in [-0.1, -0.05) is 103 Å². The van der Waals surface area contributed by atoms with Crippen molar-refractivity contribution in [2.24, 2.45) is 4.99 Å². The Balaban J connectivity index is 1.28. The van der Waals surface area contributed by atoms with E-state index in [1.165, 1.54) is 44.6 Å². The lowest BCUT2D eigenvalue weighted by atomic mass is 9.93. The van der Waals surface area contributed by atoms with Crippen LogP contribution in [0.3, 0.4) is 0 Å². The maximum atomic E-state index is 5.16. The van der Waals surface area contributed by atoms with E-state index in [2.05, 4.69) is 161 Å². The molecule has 0 amide bonds. The number of fused-ring (bicyclic) bond motifs is 4. The molecule has 3 heteroatoms. The average molecular weight is 526 g/mol. The maximum Gasteiger partial charge on any atom is 0.216 e. The third kappa shape index (κ3) is 4.11. The summed E-state index contributed by atoms with van der Waals surface area (Å²) in [4.78, 5) is 9.79. The Bertz CT molecular complexity index is 1870. The van der Waals surface area contributed by atoms with Crippen LogP contribution in [0.25, 0.3) is 33.4 Å². The van der Waals surface area contributed by atoms with E-state index in [-0.39, 0.29) is 0 Å². The number of nitrogens with zero attached hydrogens (tertiary/aromatic N) is 3. The molecule has 2 heterocycles. The van der Waals surface area contributed by atoms with E-state index in [0.717, 1.165) is 29.6 Å². The molecule has 0 unspecified atom stereocenters. The standard InChI is InChI=1S/C38H27N3/c1-3-12-27(13-4-1)31-22-32(28-14-5-2-6-15-28)24-33(23-31)29-17-11-18-34(25-29)41-37-21-10-9-20-36(37)40-26-30-16-7-8-19-35(30)39-38(40)41/h1-25H,26H2. The van der Waals surface area contributed by atoms with Crippen LogP contribution in [0.15, 0.2) is 157 Å². The van der Waals surface area contributed by atoms with Crippen molar-refractivity contribution in [3.05, 3.63) is 157 Å². The van der Waals surface area contributed by atoms with Gasteiger partial charge in [0.2, 0.25) is 5.96 Å². The van der Waals surface area contributed by atoms with E-state index in [4.69, 9.17) is 4.99 Å². The Morgan fingerprint density at radius 3 is 1.71 bits per heavy atom. The zero-order valence-electron chi connectivity index (χ0n) is 22.5. The fourth-order valence-electron chi connectivity index (χ4n) is 5.98. The van der Waals surface area contributed by atoms with Crippen molar-refractivity contribution >= 4 is 28.7 Å². The van der Waals surface area contributed by atoms with Crippen molar-refractivity contribution < 1.29 is 0 Å². The van der Waals surface area contributed by atoms with Gasteiger partial charge < -0.3 is 4.90 Å². The van der Waals surface area contributed by atoms with Gasteiger partial charge in [-0.3, -0.25) is 4.90 Å². The number of hydrogen-bond donors (Lipinski definition) is 0. The summed E-state index contributed by atoms with van der Waals surface area (Å²) >= 11 is 0. The van der Waals surface area contributed by atoms with Crippen LogP contribution in [-0.2, 0) is 6.54 Å².